The van der Waals surface area contributed by atoms with E-state index in [-0.39, 0.29) is 0 Å². The molecule has 2 aliphatic carbocycles. The van der Waals surface area contributed by atoms with E-state index in [0.29, 0.717) is 0 Å². The summed E-state index contributed by atoms with van der Waals surface area (Å²) >= 11 is 3.85. The van der Waals surface area contributed by atoms with E-state index in [0.717, 1.165) is 16.7 Å². The molecule has 0 bridgehead atoms. The summed E-state index contributed by atoms with van der Waals surface area (Å²) in [6.45, 7) is 0. The molecule has 82 valence electrons. The molecule has 1 heteroatoms. The zero-order chi connectivity index (χ0) is 9.80. The minimum absolute atomic E-state index is 0.830. The SMILES string of the molecule is BrC1CCCCC(C2CCCCC2)C1. The first-order chi connectivity index (χ1) is 6.86. The van der Waals surface area contributed by atoms with Crippen LogP contribution in [0.25, 0.3) is 0 Å². The summed E-state index contributed by atoms with van der Waals surface area (Å²) in [6.07, 6.45) is 14.9. The third-order valence-corrected chi connectivity index (χ3v) is 5.05. The van der Waals surface area contributed by atoms with Crippen molar-refractivity contribution in [3.05, 3.63) is 0 Å². The van der Waals surface area contributed by atoms with Gasteiger partial charge in [0.2, 0.25) is 0 Å². The standard InChI is InChI=1S/C13H23Br/c14-13-9-5-4-8-12(10-13)11-6-2-1-3-7-11/h11-13H,1-10H2. The predicted octanol–water partition coefficient (Wildman–Crippen LogP) is 4.91. The van der Waals surface area contributed by atoms with Gasteiger partial charge in [0, 0.05) is 4.83 Å². The Morgan fingerprint density at radius 1 is 0.643 bits per heavy atom. The monoisotopic (exact) mass is 258 g/mol. The average Bonchev–Trinajstić information content (AvgIpc) is 2.44. The molecule has 0 amide bonds. The van der Waals surface area contributed by atoms with Gasteiger partial charge in [-0.15, -0.1) is 0 Å². The highest BCUT2D eigenvalue weighted by molar-refractivity contribution is 9.09. The van der Waals surface area contributed by atoms with Gasteiger partial charge in [0.1, 0.15) is 0 Å². The lowest BCUT2D eigenvalue weighted by Gasteiger charge is -2.30. The summed E-state index contributed by atoms with van der Waals surface area (Å²) in [7, 11) is 0. The number of hydrogen-bond donors (Lipinski definition) is 0. The van der Waals surface area contributed by atoms with Crippen molar-refractivity contribution in [3.63, 3.8) is 0 Å². The zero-order valence-electron chi connectivity index (χ0n) is 9.18. The Morgan fingerprint density at radius 2 is 1.21 bits per heavy atom. The van der Waals surface area contributed by atoms with Gasteiger partial charge in [0.15, 0.2) is 0 Å². The van der Waals surface area contributed by atoms with Crippen LogP contribution in [0.4, 0.5) is 0 Å². The Morgan fingerprint density at radius 3 is 2.00 bits per heavy atom. The average molecular weight is 259 g/mol. The first-order valence-electron chi connectivity index (χ1n) is 6.50. The Bertz CT molecular complexity index is 161. The first-order valence-corrected chi connectivity index (χ1v) is 7.42. The topological polar surface area (TPSA) is 0 Å². The van der Waals surface area contributed by atoms with Gasteiger partial charge in [-0.1, -0.05) is 67.3 Å². The lowest BCUT2D eigenvalue weighted by atomic mass is 9.77. The highest BCUT2D eigenvalue weighted by Gasteiger charge is 2.26. The molecule has 0 aromatic heterocycles. The van der Waals surface area contributed by atoms with E-state index in [1.54, 1.807) is 0 Å². The van der Waals surface area contributed by atoms with Gasteiger partial charge < -0.3 is 0 Å². The van der Waals surface area contributed by atoms with Crippen molar-refractivity contribution >= 4 is 15.9 Å². The molecule has 2 saturated carbocycles. The number of alkyl halides is 1. The summed E-state index contributed by atoms with van der Waals surface area (Å²) in [5.74, 6) is 2.14. The van der Waals surface area contributed by atoms with E-state index in [1.807, 2.05) is 0 Å². The van der Waals surface area contributed by atoms with Crippen molar-refractivity contribution in [2.75, 3.05) is 0 Å². The van der Waals surface area contributed by atoms with Crippen LogP contribution >= 0.6 is 15.9 Å². The van der Waals surface area contributed by atoms with Crippen LogP contribution in [0.2, 0.25) is 0 Å². The van der Waals surface area contributed by atoms with E-state index in [1.165, 1.54) is 64.2 Å². The fourth-order valence-electron chi connectivity index (χ4n) is 3.37. The minimum Gasteiger partial charge on any atom is -0.0891 e. The molecule has 2 fully saturated rings. The molecule has 0 heterocycles. The Labute approximate surface area is 97.0 Å². The highest BCUT2D eigenvalue weighted by atomic mass is 79.9. The Kier molecular flexibility index (Phi) is 4.34. The molecule has 2 atom stereocenters. The molecule has 0 nitrogen and oxygen atoms in total. The van der Waals surface area contributed by atoms with Gasteiger partial charge in [0.05, 0.1) is 0 Å². The van der Waals surface area contributed by atoms with Crippen molar-refractivity contribution in [2.24, 2.45) is 11.8 Å². The molecule has 0 saturated heterocycles. The van der Waals surface area contributed by atoms with E-state index >= 15 is 0 Å². The maximum absolute atomic E-state index is 3.85. The van der Waals surface area contributed by atoms with Crippen LogP contribution in [-0.4, -0.2) is 4.83 Å². The Balaban J connectivity index is 1.87. The minimum atomic E-state index is 0.830. The molecule has 14 heavy (non-hydrogen) atoms. The number of hydrogen-bond acceptors (Lipinski definition) is 0. The van der Waals surface area contributed by atoms with Gasteiger partial charge in [-0.3, -0.25) is 0 Å². The molecule has 0 aromatic carbocycles. The van der Waals surface area contributed by atoms with Crippen LogP contribution in [0, 0.1) is 11.8 Å². The van der Waals surface area contributed by atoms with Gasteiger partial charge in [-0.05, 0) is 24.7 Å². The smallest absolute Gasteiger partial charge is 0.0148 e. The predicted molar refractivity (Wildman–Crippen MR) is 65.9 cm³/mol. The van der Waals surface area contributed by atoms with Crippen LogP contribution in [0.5, 0.6) is 0 Å². The second-order valence-corrected chi connectivity index (χ2v) is 6.57. The van der Waals surface area contributed by atoms with E-state index < -0.39 is 0 Å². The molecular formula is C13H23Br. The van der Waals surface area contributed by atoms with Gasteiger partial charge in [-0.25, -0.2) is 0 Å². The molecule has 0 radical (unpaired) electrons. The quantitative estimate of drug-likeness (QED) is 0.463. The second-order valence-electron chi connectivity index (χ2n) is 5.28. The third-order valence-electron chi connectivity index (χ3n) is 4.22. The Hall–Kier alpha value is 0.480. The summed E-state index contributed by atoms with van der Waals surface area (Å²) in [4.78, 5) is 0.830. The van der Waals surface area contributed by atoms with Crippen molar-refractivity contribution in [1.82, 2.24) is 0 Å². The third kappa shape index (κ3) is 2.98. The van der Waals surface area contributed by atoms with Crippen molar-refractivity contribution in [3.8, 4) is 0 Å². The van der Waals surface area contributed by atoms with Crippen LogP contribution in [0.1, 0.15) is 64.2 Å². The van der Waals surface area contributed by atoms with Crippen LogP contribution in [0.3, 0.4) is 0 Å². The van der Waals surface area contributed by atoms with Crippen molar-refractivity contribution in [1.29, 1.82) is 0 Å². The largest absolute Gasteiger partial charge is 0.0891 e. The van der Waals surface area contributed by atoms with Gasteiger partial charge in [-0.2, -0.15) is 0 Å². The second kappa shape index (κ2) is 5.53. The zero-order valence-corrected chi connectivity index (χ0v) is 10.8. The molecule has 0 N–H and O–H groups in total. The molecule has 2 unspecified atom stereocenters. The van der Waals surface area contributed by atoms with Crippen LogP contribution in [0.15, 0.2) is 0 Å². The van der Waals surface area contributed by atoms with Crippen molar-refractivity contribution < 1.29 is 0 Å². The van der Waals surface area contributed by atoms with E-state index in [4.69, 9.17) is 0 Å². The maximum Gasteiger partial charge on any atom is 0.0148 e. The maximum atomic E-state index is 3.85. The van der Waals surface area contributed by atoms with E-state index in [9.17, 15) is 0 Å². The number of halogens is 1. The van der Waals surface area contributed by atoms with E-state index in [2.05, 4.69) is 15.9 Å². The molecule has 2 rings (SSSR count). The summed E-state index contributed by atoms with van der Waals surface area (Å²) < 4.78 is 0. The normalized spacial score (nSPS) is 36.6. The molecule has 0 spiro atoms. The van der Waals surface area contributed by atoms with Gasteiger partial charge >= 0.3 is 0 Å². The lowest BCUT2D eigenvalue weighted by molar-refractivity contribution is 0.229. The van der Waals surface area contributed by atoms with Crippen molar-refractivity contribution in [2.45, 2.75) is 69.0 Å². The van der Waals surface area contributed by atoms with Gasteiger partial charge in [0.25, 0.3) is 0 Å². The molecule has 0 aliphatic heterocycles. The summed E-state index contributed by atoms with van der Waals surface area (Å²) in [5.41, 5.74) is 0. The van der Waals surface area contributed by atoms with Crippen LogP contribution < -0.4 is 0 Å². The first kappa shape index (κ1) is 11.0. The fourth-order valence-corrected chi connectivity index (χ4v) is 4.17. The lowest BCUT2D eigenvalue weighted by Crippen LogP contribution is -2.19. The summed E-state index contributed by atoms with van der Waals surface area (Å²) in [6, 6.07) is 0. The highest BCUT2D eigenvalue weighted by Crippen LogP contribution is 2.38. The molecule has 2 aliphatic rings. The molecule has 0 aromatic rings. The molecular weight excluding hydrogens is 236 g/mol. The fraction of sp³-hybridized carbons (Fsp3) is 1.00. The van der Waals surface area contributed by atoms with Crippen LogP contribution in [-0.2, 0) is 0 Å². The summed E-state index contributed by atoms with van der Waals surface area (Å²) in [5, 5.41) is 0. The number of rotatable bonds is 1.